The summed E-state index contributed by atoms with van der Waals surface area (Å²) in [5, 5.41) is 0. The van der Waals surface area contributed by atoms with E-state index in [2.05, 4.69) is 11.6 Å². The summed E-state index contributed by atoms with van der Waals surface area (Å²) in [7, 11) is -3.50. The van der Waals surface area contributed by atoms with E-state index in [1.807, 2.05) is 13.0 Å². The van der Waals surface area contributed by atoms with Gasteiger partial charge in [-0.05, 0) is 49.3 Å². The molecule has 0 radical (unpaired) electrons. The standard InChI is InChI=1S/C13H20N2O2S/c1-8-4-5-12(14)13(10(8)3)18(16,17)15-7-11-6-9(11)2/h4-5,9,11,15H,6-7,14H2,1-3H3. The van der Waals surface area contributed by atoms with E-state index in [9.17, 15) is 8.42 Å². The van der Waals surface area contributed by atoms with Gasteiger partial charge in [0.2, 0.25) is 10.0 Å². The van der Waals surface area contributed by atoms with Crippen molar-refractivity contribution in [3.8, 4) is 0 Å². The average Bonchev–Trinajstić information content (AvgIpc) is 2.98. The molecule has 100 valence electrons. The first-order valence-electron chi connectivity index (χ1n) is 6.18. The predicted octanol–water partition coefficient (Wildman–Crippen LogP) is 1.82. The number of nitrogens with two attached hydrogens (primary N) is 1. The van der Waals surface area contributed by atoms with Crippen LogP contribution >= 0.6 is 0 Å². The maximum atomic E-state index is 12.3. The Labute approximate surface area is 109 Å². The quantitative estimate of drug-likeness (QED) is 0.818. The summed E-state index contributed by atoms with van der Waals surface area (Å²) in [6.45, 7) is 6.32. The minimum Gasteiger partial charge on any atom is -0.398 e. The van der Waals surface area contributed by atoms with E-state index in [-0.39, 0.29) is 4.90 Å². The topological polar surface area (TPSA) is 72.2 Å². The van der Waals surface area contributed by atoms with Crippen LogP contribution in [0.1, 0.15) is 24.5 Å². The Kier molecular flexibility index (Phi) is 3.38. The van der Waals surface area contributed by atoms with E-state index in [1.54, 1.807) is 13.0 Å². The molecule has 0 amide bonds. The van der Waals surface area contributed by atoms with E-state index in [4.69, 9.17) is 5.73 Å². The van der Waals surface area contributed by atoms with Gasteiger partial charge in [0.1, 0.15) is 4.90 Å². The smallest absolute Gasteiger partial charge is 0.242 e. The van der Waals surface area contributed by atoms with Crippen molar-refractivity contribution in [3.05, 3.63) is 23.3 Å². The lowest BCUT2D eigenvalue weighted by Gasteiger charge is -2.13. The van der Waals surface area contributed by atoms with Crippen molar-refractivity contribution in [2.24, 2.45) is 11.8 Å². The summed E-state index contributed by atoms with van der Waals surface area (Å²) < 4.78 is 27.2. The van der Waals surface area contributed by atoms with Gasteiger partial charge in [0.25, 0.3) is 0 Å². The van der Waals surface area contributed by atoms with E-state index in [1.165, 1.54) is 0 Å². The molecule has 1 fully saturated rings. The summed E-state index contributed by atoms with van der Waals surface area (Å²) in [6, 6.07) is 3.49. The van der Waals surface area contributed by atoms with Gasteiger partial charge < -0.3 is 5.73 Å². The highest BCUT2D eigenvalue weighted by Gasteiger charge is 2.34. The van der Waals surface area contributed by atoms with Crippen LogP contribution in [0.5, 0.6) is 0 Å². The second-order valence-corrected chi connectivity index (χ2v) is 6.95. The molecule has 2 rings (SSSR count). The number of nitrogens with one attached hydrogen (secondary N) is 1. The molecule has 0 aromatic heterocycles. The Hall–Kier alpha value is -1.07. The highest BCUT2D eigenvalue weighted by Crippen LogP contribution is 2.37. The molecular weight excluding hydrogens is 248 g/mol. The van der Waals surface area contributed by atoms with Crippen LogP contribution in [-0.4, -0.2) is 15.0 Å². The number of rotatable bonds is 4. The van der Waals surface area contributed by atoms with Gasteiger partial charge in [0.15, 0.2) is 0 Å². The van der Waals surface area contributed by atoms with Crippen molar-refractivity contribution < 1.29 is 8.42 Å². The first-order valence-corrected chi connectivity index (χ1v) is 7.66. The van der Waals surface area contributed by atoms with Crippen molar-refractivity contribution in [1.82, 2.24) is 4.72 Å². The van der Waals surface area contributed by atoms with Crippen molar-refractivity contribution in [2.75, 3.05) is 12.3 Å². The zero-order chi connectivity index (χ0) is 13.5. The average molecular weight is 268 g/mol. The molecule has 0 saturated heterocycles. The van der Waals surface area contributed by atoms with Gasteiger partial charge >= 0.3 is 0 Å². The van der Waals surface area contributed by atoms with Gasteiger partial charge in [0.05, 0.1) is 5.69 Å². The molecule has 1 aromatic rings. The largest absolute Gasteiger partial charge is 0.398 e. The third kappa shape index (κ3) is 2.52. The molecule has 0 aliphatic heterocycles. The Morgan fingerprint density at radius 1 is 1.39 bits per heavy atom. The SMILES string of the molecule is Cc1ccc(N)c(S(=O)(=O)NCC2CC2C)c1C. The fourth-order valence-electron chi connectivity index (χ4n) is 2.14. The zero-order valence-electron chi connectivity index (χ0n) is 11.0. The van der Waals surface area contributed by atoms with E-state index in [0.29, 0.717) is 24.1 Å². The van der Waals surface area contributed by atoms with E-state index >= 15 is 0 Å². The second-order valence-electron chi connectivity index (χ2n) is 5.25. The second kappa shape index (κ2) is 4.55. The van der Waals surface area contributed by atoms with Gasteiger partial charge in [0, 0.05) is 6.54 Å². The lowest BCUT2D eigenvalue weighted by Crippen LogP contribution is -2.27. The molecule has 2 unspecified atom stereocenters. The summed E-state index contributed by atoms with van der Waals surface area (Å²) in [5.74, 6) is 1.11. The third-order valence-corrected chi connectivity index (χ3v) is 5.41. The summed E-state index contributed by atoms with van der Waals surface area (Å²) in [4.78, 5) is 0.232. The molecule has 0 bridgehead atoms. The number of hydrogen-bond acceptors (Lipinski definition) is 3. The van der Waals surface area contributed by atoms with Crippen molar-refractivity contribution >= 4 is 15.7 Å². The van der Waals surface area contributed by atoms with Crippen LogP contribution in [0.4, 0.5) is 5.69 Å². The lowest BCUT2D eigenvalue weighted by atomic mass is 10.1. The minimum absolute atomic E-state index is 0.232. The van der Waals surface area contributed by atoms with Gasteiger partial charge in [-0.1, -0.05) is 13.0 Å². The van der Waals surface area contributed by atoms with Crippen LogP contribution in [0.2, 0.25) is 0 Å². The summed E-state index contributed by atoms with van der Waals surface area (Å²) in [5.41, 5.74) is 7.78. The van der Waals surface area contributed by atoms with Gasteiger partial charge in [-0.2, -0.15) is 0 Å². The highest BCUT2D eigenvalue weighted by molar-refractivity contribution is 7.89. The van der Waals surface area contributed by atoms with Crippen LogP contribution in [-0.2, 0) is 10.0 Å². The van der Waals surface area contributed by atoms with Crippen molar-refractivity contribution in [3.63, 3.8) is 0 Å². The van der Waals surface area contributed by atoms with Crippen LogP contribution < -0.4 is 10.5 Å². The van der Waals surface area contributed by atoms with Crippen LogP contribution in [0.3, 0.4) is 0 Å². The summed E-state index contributed by atoms with van der Waals surface area (Å²) in [6.07, 6.45) is 1.10. The van der Waals surface area contributed by atoms with Crippen LogP contribution in [0, 0.1) is 25.7 Å². The molecule has 5 heteroatoms. The molecule has 1 aromatic carbocycles. The fourth-order valence-corrected chi connectivity index (χ4v) is 3.66. The first-order chi connectivity index (χ1) is 8.33. The van der Waals surface area contributed by atoms with Crippen molar-refractivity contribution in [1.29, 1.82) is 0 Å². The maximum absolute atomic E-state index is 12.3. The molecule has 3 N–H and O–H groups in total. The zero-order valence-corrected chi connectivity index (χ0v) is 11.8. The number of benzene rings is 1. The fraction of sp³-hybridized carbons (Fsp3) is 0.538. The first kappa shape index (κ1) is 13.4. The molecule has 18 heavy (non-hydrogen) atoms. The number of sulfonamides is 1. The highest BCUT2D eigenvalue weighted by atomic mass is 32.2. The van der Waals surface area contributed by atoms with E-state index in [0.717, 1.165) is 17.5 Å². The molecule has 2 atom stereocenters. The van der Waals surface area contributed by atoms with E-state index < -0.39 is 10.0 Å². The molecule has 1 aliphatic rings. The Morgan fingerprint density at radius 2 is 2.00 bits per heavy atom. The number of hydrogen-bond donors (Lipinski definition) is 2. The molecule has 4 nitrogen and oxygen atoms in total. The Morgan fingerprint density at radius 3 is 2.56 bits per heavy atom. The van der Waals surface area contributed by atoms with Crippen LogP contribution in [0.15, 0.2) is 17.0 Å². The lowest BCUT2D eigenvalue weighted by molar-refractivity contribution is 0.574. The number of nitrogen functional groups attached to an aromatic ring is 1. The summed E-state index contributed by atoms with van der Waals surface area (Å²) >= 11 is 0. The number of anilines is 1. The van der Waals surface area contributed by atoms with Gasteiger partial charge in [-0.3, -0.25) is 0 Å². The number of aryl methyl sites for hydroxylation is 1. The monoisotopic (exact) mass is 268 g/mol. The molecule has 1 saturated carbocycles. The molecular formula is C13H20N2O2S. The Bertz CT molecular complexity index is 567. The van der Waals surface area contributed by atoms with Gasteiger partial charge in [-0.25, -0.2) is 13.1 Å². The minimum atomic E-state index is -3.50. The third-order valence-electron chi connectivity index (χ3n) is 3.79. The molecule has 1 aliphatic carbocycles. The maximum Gasteiger partial charge on any atom is 0.242 e. The Balaban J connectivity index is 2.26. The normalized spacial score (nSPS) is 23.1. The van der Waals surface area contributed by atoms with Crippen molar-refractivity contribution in [2.45, 2.75) is 32.1 Å². The van der Waals surface area contributed by atoms with Gasteiger partial charge in [-0.15, -0.1) is 0 Å². The predicted molar refractivity (Wildman–Crippen MR) is 72.8 cm³/mol. The molecule has 0 spiro atoms. The van der Waals surface area contributed by atoms with Crippen LogP contribution in [0.25, 0.3) is 0 Å². The molecule has 0 heterocycles.